The van der Waals surface area contributed by atoms with Crippen LogP contribution in [-0.2, 0) is 11.2 Å². The van der Waals surface area contributed by atoms with E-state index in [2.05, 4.69) is 32.9 Å². The van der Waals surface area contributed by atoms with E-state index in [0.29, 0.717) is 11.4 Å². The molecule has 1 amide bonds. The van der Waals surface area contributed by atoms with Gasteiger partial charge in [-0.2, -0.15) is 0 Å². The van der Waals surface area contributed by atoms with Gasteiger partial charge in [0.1, 0.15) is 16.9 Å². The van der Waals surface area contributed by atoms with Gasteiger partial charge in [-0.1, -0.05) is 30.0 Å². The van der Waals surface area contributed by atoms with E-state index < -0.39 is 0 Å². The largest absolute Gasteiger partial charge is 0.341 e. The minimum Gasteiger partial charge on any atom is -0.341 e. The van der Waals surface area contributed by atoms with Crippen molar-refractivity contribution in [3.05, 3.63) is 42.5 Å². The second-order valence-corrected chi connectivity index (χ2v) is 6.48. The number of fused-ring (bicyclic) bond motifs is 2. The minimum atomic E-state index is 0.0960. The number of H-pyrrole nitrogens is 1. The molecule has 0 fully saturated rings. The quantitative estimate of drug-likeness (QED) is 0.591. The molecule has 0 bridgehead atoms. The molecule has 1 N–H and O–H groups in total. The predicted octanol–water partition coefficient (Wildman–Crippen LogP) is 2.42. The first-order valence-corrected chi connectivity index (χ1v) is 8.39. The second-order valence-electron chi connectivity index (χ2n) is 5.51. The van der Waals surface area contributed by atoms with Gasteiger partial charge < -0.3 is 9.88 Å². The van der Waals surface area contributed by atoms with Crippen LogP contribution in [0.2, 0.25) is 0 Å². The standard InChI is InChI=1S/C16H15N5OS/c1-10-6-11-4-2-3-5-12(11)21(10)13(22)7-23-16-14-15(18-8-17-14)19-9-20-16/h2-5,8-10H,6-7H2,1H3,(H,17,18,19,20). The predicted molar refractivity (Wildman–Crippen MR) is 89.5 cm³/mol. The van der Waals surface area contributed by atoms with Crippen molar-refractivity contribution in [3.8, 4) is 0 Å². The molecule has 0 spiro atoms. The van der Waals surface area contributed by atoms with Crippen molar-refractivity contribution in [2.45, 2.75) is 24.4 Å². The summed E-state index contributed by atoms with van der Waals surface area (Å²) < 4.78 is 0. The maximum atomic E-state index is 12.7. The molecule has 1 aliphatic heterocycles. The Hall–Kier alpha value is -2.41. The van der Waals surface area contributed by atoms with Gasteiger partial charge in [0.15, 0.2) is 5.65 Å². The molecule has 1 aromatic carbocycles. The number of rotatable bonds is 3. The molecule has 1 unspecified atom stereocenters. The lowest BCUT2D eigenvalue weighted by atomic mass is 10.1. The van der Waals surface area contributed by atoms with E-state index in [1.807, 2.05) is 23.1 Å². The maximum absolute atomic E-state index is 12.7. The topological polar surface area (TPSA) is 74.8 Å². The number of thioether (sulfide) groups is 1. The van der Waals surface area contributed by atoms with Gasteiger partial charge >= 0.3 is 0 Å². The van der Waals surface area contributed by atoms with Gasteiger partial charge in [-0.25, -0.2) is 15.0 Å². The number of imidazole rings is 1. The number of anilines is 1. The highest BCUT2D eigenvalue weighted by Gasteiger charge is 2.30. The molecule has 0 saturated heterocycles. The maximum Gasteiger partial charge on any atom is 0.237 e. The average Bonchev–Trinajstić information content (AvgIpc) is 3.15. The normalized spacial score (nSPS) is 16.7. The molecule has 7 heteroatoms. The van der Waals surface area contributed by atoms with Crippen LogP contribution in [-0.4, -0.2) is 37.6 Å². The van der Waals surface area contributed by atoms with Crippen molar-refractivity contribution in [2.24, 2.45) is 0 Å². The Morgan fingerprint density at radius 3 is 3.13 bits per heavy atom. The van der Waals surface area contributed by atoms with E-state index in [1.165, 1.54) is 23.7 Å². The SMILES string of the molecule is CC1Cc2ccccc2N1C(=O)CSc1ncnc2nc[nH]c12. The first-order chi connectivity index (χ1) is 11.2. The fraction of sp³-hybridized carbons (Fsp3) is 0.250. The summed E-state index contributed by atoms with van der Waals surface area (Å²) in [4.78, 5) is 30.1. The first-order valence-electron chi connectivity index (χ1n) is 7.41. The van der Waals surface area contributed by atoms with Crippen molar-refractivity contribution in [1.82, 2.24) is 19.9 Å². The number of hydrogen-bond acceptors (Lipinski definition) is 5. The summed E-state index contributed by atoms with van der Waals surface area (Å²) in [7, 11) is 0. The summed E-state index contributed by atoms with van der Waals surface area (Å²) in [6.45, 7) is 2.08. The molecule has 0 radical (unpaired) electrons. The summed E-state index contributed by atoms with van der Waals surface area (Å²) in [5, 5.41) is 0.751. The highest BCUT2D eigenvalue weighted by Crippen LogP contribution is 2.33. The van der Waals surface area contributed by atoms with Gasteiger partial charge in [0.2, 0.25) is 5.91 Å². The Bertz CT molecular complexity index is 878. The van der Waals surface area contributed by atoms with Crippen LogP contribution in [0.3, 0.4) is 0 Å². The fourth-order valence-electron chi connectivity index (χ4n) is 3.00. The van der Waals surface area contributed by atoms with Crippen molar-refractivity contribution < 1.29 is 4.79 Å². The number of para-hydroxylation sites is 1. The van der Waals surface area contributed by atoms with E-state index in [0.717, 1.165) is 22.7 Å². The Kier molecular flexibility index (Phi) is 3.49. The zero-order chi connectivity index (χ0) is 15.8. The van der Waals surface area contributed by atoms with Crippen LogP contribution in [0.25, 0.3) is 11.2 Å². The van der Waals surface area contributed by atoms with E-state index in [4.69, 9.17) is 0 Å². The van der Waals surface area contributed by atoms with Crippen LogP contribution in [0.1, 0.15) is 12.5 Å². The van der Waals surface area contributed by atoms with Crippen LogP contribution in [0.5, 0.6) is 0 Å². The molecule has 6 nitrogen and oxygen atoms in total. The molecule has 4 rings (SSSR count). The smallest absolute Gasteiger partial charge is 0.237 e. The van der Waals surface area contributed by atoms with Crippen LogP contribution in [0.4, 0.5) is 5.69 Å². The van der Waals surface area contributed by atoms with Crippen molar-refractivity contribution in [1.29, 1.82) is 0 Å². The van der Waals surface area contributed by atoms with Crippen LogP contribution >= 0.6 is 11.8 Å². The van der Waals surface area contributed by atoms with E-state index in [9.17, 15) is 4.79 Å². The Morgan fingerprint density at radius 1 is 1.35 bits per heavy atom. The molecule has 3 heterocycles. The number of benzene rings is 1. The third-order valence-electron chi connectivity index (χ3n) is 4.00. The zero-order valence-corrected chi connectivity index (χ0v) is 13.4. The van der Waals surface area contributed by atoms with Crippen LogP contribution in [0, 0.1) is 0 Å². The lowest BCUT2D eigenvalue weighted by molar-refractivity contribution is -0.116. The lowest BCUT2D eigenvalue weighted by Crippen LogP contribution is -2.37. The van der Waals surface area contributed by atoms with Crippen molar-refractivity contribution >= 4 is 34.5 Å². The summed E-state index contributed by atoms with van der Waals surface area (Å²) in [5.41, 5.74) is 3.66. The number of nitrogens with zero attached hydrogens (tertiary/aromatic N) is 4. The second kappa shape index (κ2) is 5.66. The van der Waals surface area contributed by atoms with Gasteiger partial charge in [0.25, 0.3) is 0 Å². The third-order valence-corrected chi connectivity index (χ3v) is 4.97. The van der Waals surface area contributed by atoms with E-state index >= 15 is 0 Å². The molecule has 3 aromatic rings. The highest BCUT2D eigenvalue weighted by atomic mass is 32.2. The zero-order valence-electron chi connectivity index (χ0n) is 12.6. The average molecular weight is 325 g/mol. The molecule has 1 atom stereocenters. The summed E-state index contributed by atoms with van der Waals surface area (Å²) in [5.74, 6) is 0.433. The monoisotopic (exact) mass is 325 g/mol. The Labute approximate surface area is 137 Å². The number of carbonyl (C=O) groups excluding carboxylic acids is 1. The Morgan fingerprint density at radius 2 is 2.22 bits per heavy atom. The number of aromatic nitrogens is 4. The van der Waals surface area contributed by atoms with Gasteiger partial charge in [0, 0.05) is 11.7 Å². The van der Waals surface area contributed by atoms with Crippen LogP contribution in [0.15, 0.2) is 41.9 Å². The van der Waals surface area contributed by atoms with Crippen molar-refractivity contribution in [3.63, 3.8) is 0 Å². The van der Waals surface area contributed by atoms with Gasteiger partial charge in [-0.05, 0) is 25.0 Å². The molecule has 23 heavy (non-hydrogen) atoms. The van der Waals surface area contributed by atoms with Gasteiger partial charge in [0.05, 0.1) is 12.1 Å². The number of hydrogen-bond donors (Lipinski definition) is 1. The Balaban J connectivity index is 1.54. The molecule has 0 saturated carbocycles. The molecule has 0 aliphatic carbocycles. The minimum absolute atomic E-state index is 0.0960. The van der Waals surface area contributed by atoms with E-state index in [-0.39, 0.29) is 11.9 Å². The number of aromatic amines is 1. The molecular weight excluding hydrogens is 310 g/mol. The van der Waals surface area contributed by atoms with Gasteiger partial charge in [-0.15, -0.1) is 0 Å². The summed E-state index contributed by atoms with van der Waals surface area (Å²) >= 11 is 1.41. The van der Waals surface area contributed by atoms with Crippen LogP contribution < -0.4 is 4.90 Å². The molecular formula is C16H15N5OS. The summed E-state index contributed by atoms with van der Waals surface area (Å²) in [6.07, 6.45) is 3.97. The molecule has 1 aliphatic rings. The van der Waals surface area contributed by atoms with Gasteiger partial charge in [-0.3, -0.25) is 4.79 Å². The molecule has 2 aromatic heterocycles. The first kappa shape index (κ1) is 14.2. The number of carbonyl (C=O) groups is 1. The fourth-order valence-corrected chi connectivity index (χ4v) is 3.81. The summed E-state index contributed by atoms with van der Waals surface area (Å²) in [6, 6.07) is 8.29. The molecule has 116 valence electrons. The third kappa shape index (κ3) is 2.46. The lowest BCUT2D eigenvalue weighted by Gasteiger charge is -2.22. The highest BCUT2D eigenvalue weighted by molar-refractivity contribution is 8.00. The number of nitrogens with one attached hydrogen (secondary N) is 1. The number of amides is 1. The van der Waals surface area contributed by atoms with Crippen molar-refractivity contribution in [2.75, 3.05) is 10.7 Å². The van der Waals surface area contributed by atoms with E-state index in [1.54, 1.807) is 6.33 Å².